The second-order valence-corrected chi connectivity index (χ2v) is 8.91. The number of benzene rings is 1. The van der Waals surface area contributed by atoms with E-state index in [0.29, 0.717) is 41.6 Å². The molecule has 1 aliphatic heterocycles. The van der Waals surface area contributed by atoms with Gasteiger partial charge in [-0.2, -0.15) is 9.78 Å². The first-order valence-corrected chi connectivity index (χ1v) is 11.6. The number of nitrogens with one attached hydrogen (secondary N) is 1. The van der Waals surface area contributed by atoms with Crippen molar-refractivity contribution < 1.29 is 9.59 Å². The first-order chi connectivity index (χ1) is 16.6. The molecule has 1 aromatic carbocycles. The van der Waals surface area contributed by atoms with Gasteiger partial charge in [0.2, 0.25) is 5.91 Å². The van der Waals surface area contributed by atoms with Crippen molar-refractivity contribution >= 4 is 34.2 Å². The van der Waals surface area contributed by atoms with Crippen molar-refractivity contribution in [2.45, 2.75) is 38.5 Å². The van der Waals surface area contributed by atoms with Crippen LogP contribution in [0.4, 0.5) is 11.4 Å². The first-order valence-electron chi connectivity index (χ1n) is 11.6. The molecule has 3 aromatic heterocycles. The Kier molecular flexibility index (Phi) is 4.86. The summed E-state index contributed by atoms with van der Waals surface area (Å²) in [6.07, 6.45) is 5.28. The Bertz CT molecular complexity index is 1420. The fourth-order valence-electron chi connectivity index (χ4n) is 4.59. The minimum atomic E-state index is -0.220. The highest BCUT2D eigenvalue weighted by Gasteiger charge is 2.29. The van der Waals surface area contributed by atoms with Crippen molar-refractivity contribution in [1.82, 2.24) is 19.7 Å². The molecule has 1 aliphatic carbocycles. The van der Waals surface area contributed by atoms with E-state index in [9.17, 15) is 9.59 Å². The minimum absolute atomic E-state index is 0.117. The molecular weight excluding hydrogens is 428 g/mol. The highest BCUT2D eigenvalue weighted by Crippen LogP contribution is 2.41. The number of pyridine rings is 2. The molecule has 6 rings (SSSR count). The summed E-state index contributed by atoms with van der Waals surface area (Å²) >= 11 is 0. The number of aryl methyl sites for hydroxylation is 1. The number of rotatable bonds is 5. The van der Waals surface area contributed by atoms with Gasteiger partial charge in [-0.05, 0) is 62.6 Å². The second-order valence-electron chi connectivity index (χ2n) is 8.91. The number of carbonyl (C=O) groups is 2. The van der Waals surface area contributed by atoms with Gasteiger partial charge < -0.3 is 10.2 Å². The molecule has 8 nitrogen and oxygen atoms in total. The van der Waals surface area contributed by atoms with E-state index in [1.807, 2.05) is 55.5 Å². The number of aromatic nitrogens is 4. The van der Waals surface area contributed by atoms with Crippen LogP contribution in [0.15, 0.2) is 54.7 Å². The van der Waals surface area contributed by atoms with Crippen LogP contribution in [-0.4, -0.2) is 38.1 Å². The van der Waals surface area contributed by atoms with Crippen LogP contribution in [0.2, 0.25) is 0 Å². The highest BCUT2D eigenvalue weighted by atomic mass is 16.2. The van der Waals surface area contributed by atoms with Gasteiger partial charge in [0.1, 0.15) is 0 Å². The molecule has 1 N–H and O–H groups in total. The van der Waals surface area contributed by atoms with Crippen LogP contribution < -0.4 is 10.2 Å². The van der Waals surface area contributed by atoms with Gasteiger partial charge in [0.25, 0.3) is 5.91 Å². The van der Waals surface area contributed by atoms with Crippen LogP contribution in [0.3, 0.4) is 0 Å². The van der Waals surface area contributed by atoms with Crippen molar-refractivity contribution in [2.75, 3.05) is 16.8 Å². The maximum Gasteiger partial charge on any atom is 0.256 e. The van der Waals surface area contributed by atoms with E-state index < -0.39 is 0 Å². The number of anilines is 2. The summed E-state index contributed by atoms with van der Waals surface area (Å²) in [6, 6.07) is 15.0. The quantitative estimate of drug-likeness (QED) is 0.485. The number of nitrogens with zero attached hydrogens (tertiary/aromatic N) is 5. The van der Waals surface area contributed by atoms with Crippen LogP contribution in [0.1, 0.15) is 53.3 Å². The van der Waals surface area contributed by atoms with Crippen LogP contribution in [0.5, 0.6) is 0 Å². The van der Waals surface area contributed by atoms with E-state index in [4.69, 9.17) is 4.98 Å². The molecule has 4 heterocycles. The van der Waals surface area contributed by atoms with E-state index in [-0.39, 0.29) is 11.8 Å². The third-order valence-electron chi connectivity index (χ3n) is 6.43. The maximum absolute atomic E-state index is 13.5. The average Bonchev–Trinajstić information content (AvgIpc) is 3.54. The fourth-order valence-corrected chi connectivity index (χ4v) is 4.59. The van der Waals surface area contributed by atoms with Crippen molar-refractivity contribution in [3.05, 3.63) is 71.7 Å². The van der Waals surface area contributed by atoms with E-state index in [2.05, 4.69) is 15.4 Å². The van der Waals surface area contributed by atoms with Crippen molar-refractivity contribution in [3.8, 4) is 5.82 Å². The molecule has 8 heteroatoms. The Hall–Kier alpha value is -4.07. The van der Waals surface area contributed by atoms with Crippen LogP contribution in [0.25, 0.3) is 16.9 Å². The Morgan fingerprint density at radius 3 is 2.74 bits per heavy atom. The standard InChI is InChI=1S/C26H24N6O2/c1-16-24-20(26(34)28-18-6-4-7-19(14-18)31-13-5-9-23(31)33)15-21(17-10-11-17)29-25(24)32(30-16)22-8-2-3-12-27-22/h2-4,6-8,12,14-15,17H,5,9-11,13H2,1H3,(H,28,34). The average molecular weight is 453 g/mol. The maximum atomic E-state index is 13.5. The van der Waals surface area contributed by atoms with Gasteiger partial charge >= 0.3 is 0 Å². The first kappa shape index (κ1) is 20.5. The Labute approximate surface area is 196 Å². The van der Waals surface area contributed by atoms with E-state index in [1.165, 1.54) is 0 Å². The Morgan fingerprint density at radius 2 is 2.00 bits per heavy atom. The van der Waals surface area contributed by atoms with Gasteiger partial charge in [0.15, 0.2) is 11.5 Å². The molecule has 1 saturated carbocycles. The smallest absolute Gasteiger partial charge is 0.256 e. The van der Waals surface area contributed by atoms with Gasteiger partial charge in [-0.3, -0.25) is 9.59 Å². The van der Waals surface area contributed by atoms with Crippen molar-refractivity contribution in [1.29, 1.82) is 0 Å². The fraction of sp³-hybridized carbons (Fsp3) is 0.269. The molecule has 0 bridgehead atoms. The molecule has 2 amide bonds. The van der Waals surface area contributed by atoms with Crippen LogP contribution >= 0.6 is 0 Å². The molecule has 0 unspecified atom stereocenters. The zero-order valence-electron chi connectivity index (χ0n) is 18.9. The summed E-state index contributed by atoms with van der Waals surface area (Å²) in [5, 5.41) is 8.43. The van der Waals surface area contributed by atoms with Crippen molar-refractivity contribution in [2.24, 2.45) is 0 Å². The molecule has 0 radical (unpaired) electrons. The lowest BCUT2D eigenvalue weighted by atomic mass is 10.1. The van der Waals surface area contributed by atoms with E-state index >= 15 is 0 Å². The summed E-state index contributed by atoms with van der Waals surface area (Å²) in [7, 11) is 0. The molecule has 1 saturated heterocycles. The number of fused-ring (bicyclic) bond motifs is 1. The molecule has 0 atom stereocenters. The summed E-state index contributed by atoms with van der Waals surface area (Å²) in [5.41, 5.74) is 4.27. The third kappa shape index (κ3) is 3.61. The molecule has 4 aromatic rings. The van der Waals surface area contributed by atoms with Gasteiger partial charge in [0, 0.05) is 42.1 Å². The molecule has 34 heavy (non-hydrogen) atoms. The third-order valence-corrected chi connectivity index (χ3v) is 6.43. The Morgan fingerprint density at radius 1 is 1.12 bits per heavy atom. The van der Waals surface area contributed by atoms with Gasteiger partial charge in [-0.1, -0.05) is 12.1 Å². The van der Waals surface area contributed by atoms with Gasteiger partial charge in [-0.25, -0.2) is 9.97 Å². The second kappa shape index (κ2) is 8.06. The van der Waals surface area contributed by atoms with Gasteiger partial charge in [0.05, 0.1) is 16.6 Å². The normalized spacial score (nSPS) is 15.8. The zero-order chi connectivity index (χ0) is 23.2. The van der Waals surface area contributed by atoms with Gasteiger partial charge in [-0.15, -0.1) is 0 Å². The number of hydrogen-bond donors (Lipinski definition) is 1. The van der Waals surface area contributed by atoms with E-state index in [0.717, 1.165) is 41.7 Å². The SMILES string of the molecule is Cc1nn(-c2ccccn2)c2nc(C3CC3)cc(C(=O)Nc3cccc(N4CCCC4=O)c3)c12. The molecule has 170 valence electrons. The molecule has 2 fully saturated rings. The summed E-state index contributed by atoms with van der Waals surface area (Å²) in [4.78, 5) is 36.8. The molecule has 2 aliphatic rings. The zero-order valence-corrected chi connectivity index (χ0v) is 18.9. The largest absolute Gasteiger partial charge is 0.322 e. The lowest BCUT2D eigenvalue weighted by Gasteiger charge is -2.17. The topological polar surface area (TPSA) is 93.0 Å². The van der Waals surface area contributed by atoms with Crippen molar-refractivity contribution in [3.63, 3.8) is 0 Å². The summed E-state index contributed by atoms with van der Waals surface area (Å²) < 4.78 is 1.72. The summed E-state index contributed by atoms with van der Waals surface area (Å²) in [6.45, 7) is 2.59. The Balaban J connectivity index is 1.40. The van der Waals surface area contributed by atoms with Crippen LogP contribution in [0, 0.1) is 6.92 Å². The lowest BCUT2D eigenvalue weighted by Crippen LogP contribution is -2.23. The predicted octanol–water partition coefficient (Wildman–Crippen LogP) is 4.38. The number of amides is 2. The molecule has 0 spiro atoms. The predicted molar refractivity (Wildman–Crippen MR) is 129 cm³/mol. The monoisotopic (exact) mass is 452 g/mol. The van der Waals surface area contributed by atoms with E-state index in [1.54, 1.807) is 15.8 Å². The number of carbonyl (C=O) groups excluding carboxylic acids is 2. The lowest BCUT2D eigenvalue weighted by molar-refractivity contribution is -0.117. The number of hydrogen-bond acceptors (Lipinski definition) is 5. The minimum Gasteiger partial charge on any atom is -0.322 e. The molecular formula is C26H24N6O2. The van der Waals surface area contributed by atoms with Crippen LogP contribution in [-0.2, 0) is 4.79 Å². The summed E-state index contributed by atoms with van der Waals surface area (Å²) in [5.74, 6) is 0.928. The highest BCUT2D eigenvalue weighted by molar-refractivity contribution is 6.13.